The average molecular weight is 269 g/mol. The van der Waals surface area contributed by atoms with Crippen LogP contribution in [0.25, 0.3) is 0 Å². The lowest BCUT2D eigenvalue weighted by Gasteiger charge is -2.41. The first-order chi connectivity index (χ1) is 9.24. The summed E-state index contributed by atoms with van der Waals surface area (Å²) in [4.78, 5) is 5.00. The van der Waals surface area contributed by atoms with Crippen molar-refractivity contribution >= 4 is 0 Å². The number of hydrogen-bond acceptors (Lipinski definition) is 4. The van der Waals surface area contributed by atoms with Crippen molar-refractivity contribution in [2.45, 2.75) is 44.8 Å². The minimum Gasteiger partial charge on any atom is -0.374 e. The van der Waals surface area contributed by atoms with Crippen molar-refractivity contribution in [1.29, 1.82) is 0 Å². The Balaban J connectivity index is 1.83. The van der Waals surface area contributed by atoms with Crippen molar-refractivity contribution in [3.05, 3.63) is 0 Å². The number of hydrogen-bond donors (Lipinski definition) is 1. The molecule has 1 saturated carbocycles. The van der Waals surface area contributed by atoms with E-state index in [1.165, 1.54) is 25.7 Å². The molecule has 2 aliphatic rings. The van der Waals surface area contributed by atoms with Gasteiger partial charge in [0.1, 0.15) is 0 Å². The highest BCUT2D eigenvalue weighted by Crippen LogP contribution is 2.27. The van der Waals surface area contributed by atoms with E-state index in [4.69, 9.17) is 10.5 Å². The van der Waals surface area contributed by atoms with Crippen molar-refractivity contribution in [3.8, 4) is 0 Å². The predicted molar refractivity (Wildman–Crippen MR) is 79.3 cm³/mol. The van der Waals surface area contributed by atoms with Crippen molar-refractivity contribution in [1.82, 2.24) is 9.80 Å². The first-order valence-corrected chi connectivity index (χ1v) is 7.98. The van der Waals surface area contributed by atoms with Gasteiger partial charge >= 0.3 is 0 Å². The summed E-state index contributed by atoms with van der Waals surface area (Å²) >= 11 is 0. The van der Waals surface area contributed by atoms with E-state index < -0.39 is 0 Å². The summed E-state index contributed by atoms with van der Waals surface area (Å²) in [5.41, 5.74) is 5.94. The van der Waals surface area contributed by atoms with E-state index in [9.17, 15) is 0 Å². The summed E-state index contributed by atoms with van der Waals surface area (Å²) in [5.74, 6) is 0.685. The maximum absolute atomic E-state index is 5.94. The molecule has 3 unspecified atom stereocenters. The molecule has 3 atom stereocenters. The fraction of sp³-hybridized carbons (Fsp3) is 1.00. The van der Waals surface area contributed by atoms with Gasteiger partial charge in [0.25, 0.3) is 0 Å². The van der Waals surface area contributed by atoms with Gasteiger partial charge in [0.15, 0.2) is 0 Å². The van der Waals surface area contributed by atoms with Crippen LogP contribution in [0.4, 0.5) is 0 Å². The molecule has 0 spiro atoms. The van der Waals surface area contributed by atoms with E-state index in [1.54, 1.807) is 0 Å². The van der Waals surface area contributed by atoms with Crippen LogP contribution in [0.3, 0.4) is 0 Å². The number of likely N-dealkylation sites (N-methyl/N-ethyl adjacent to an activating group) is 2. The molecule has 0 bridgehead atoms. The molecule has 19 heavy (non-hydrogen) atoms. The van der Waals surface area contributed by atoms with E-state index in [0.717, 1.165) is 39.3 Å². The largest absolute Gasteiger partial charge is 0.374 e. The van der Waals surface area contributed by atoms with Crippen LogP contribution in [-0.4, -0.2) is 68.3 Å². The molecule has 0 aromatic heterocycles. The van der Waals surface area contributed by atoms with Crippen LogP contribution in [0.1, 0.15) is 32.6 Å². The molecule has 1 heterocycles. The van der Waals surface area contributed by atoms with E-state index in [1.807, 2.05) is 0 Å². The Labute approximate surface area is 118 Å². The van der Waals surface area contributed by atoms with Gasteiger partial charge in [-0.3, -0.25) is 4.90 Å². The SMILES string of the molecule is CCN1CCOC(CN(C)C2CCCCC2CN)C1. The first kappa shape index (κ1) is 15.2. The molecule has 0 radical (unpaired) electrons. The summed E-state index contributed by atoms with van der Waals surface area (Å²) < 4.78 is 5.93. The zero-order valence-electron chi connectivity index (χ0n) is 12.7. The zero-order valence-corrected chi connectivity index (χ0v) is 12.7. The monoisotopic (exact) mass is 269 g/mol. The number of ether oxygens (including phenoxy) is 1. The van der Waals surface area contributed by atoms with Gasteiger partial charge in [-0.15, -0.1) is 0 Å². The standard InChI is InChI=1S/C15H31N3O/c1-3-18-8-9-19-14(12-18)11-17(2)15-7-5-4-6-13(15)10-16/h13-15H,3-12,16H2,1-2H3. The molecule has 0 amide bonds. The lowest BCUT2D eigenvalue weighted by molar-refractivity contribution is -0.0483. The van der Waals surface area contributed by atoms with E-state index in [-0.39, 0.29) is 0 Å². The Morgan fingerprint density at radius 1 is 1.32 bits per heavy atom. The summed E-state index contributed by atoms with van der Waals surface area (Å²) in [6.07, 6.45) is 5.70. The number of nitrogens with zero attached hydrogens (tertiary/aromatic N) is 2. The van der Waals surface area contributed by atoms with Crippen molar-refractivity contribution < 1.29 is 4.74 Å². The first-order valence-electron chi connectivity index (χ1n) is 7.98. The van der Waals surface area contributed by atoms with Crippen LogP contribution in [0.15, 0.2) is 0 Å². The molecule has 0 aromatic rings. The fourth-order valence-electron chi connectivity index (χ4n) is 3.68. The number of nitrogens with two attached hydrogens (primary N) is 1. The van der Waals surface area contributed by atoms with Gasteiger partial charge < -0.3 is 15.4 Å². The average Bonchev–Trinajstić information content (AvgIpc) is 2.47. The van der Waals surface area contributed by atoms with Gasteiger partial charge in [0.05, 0.1) is 12.7 Å². The number of morpholine rings is 1. The molecule has 2 fully saturated rings. The third-order valence-electron chi connectivity index (χ3n) is 4.90. The second-order valence-electron chi connectivity index (χ2n) is 6.17. The zero-order chi connectivity index (χ0) is 13.7. The van der Waals surface area contributed by atoms with Crippen LogP contribution in [0.5, 0.6) is 0 Å². The van der Waals surface area contributed by atoms with Crippen molar-refractivity contribution in [2.24, 2.45) is 11.7 Å². The molecule has 1 aliphatic heterocycles. The van der Waals surface area contributed by atoms with Gasteiger partial charge in [0.2, 0.25) is 0 Å². The topological polar surface area (TPSA) is 41.7 Å². The Morgan fingerprint density at radius 2 is 2.11 bits per heavy atom. The molecule has 4 nitrogen and oxygen atoms in total. The van der Waals surface area contributed by atoms with Crippen LogP contribution in [-0.2, 0) is 4.74 Å². The van der Waals surface area contributed by atoms with Crippen LogP contribution in [0, 0.1) is 5.92 Å². The van der Waals surface area contributed by atoms with E-state index in [2.05, 4.69) is 23.8 Å². The fourth-order valence-corrected chi connectivity index (χ4v) is 3.68. The lowest BCUT2D eigenvalue weighted by Crippen LogP contribution is -2.51. The second-order valence-corrected chi connectivity index (χ2v) is 6.17. The summed E-state index contributed by atoms with van der Waals surface area (Å²) in [7, 11) is 2.26. The number of rotatable bonds is 5. The van der Waals surface area contributed by atoms with Crippen LogP contribution >= 0.6 is 0 Å². The summed E-state index contributed by atoms with van der Waals surface area (Å²) in [5, 5.41) is 0. The van der Waals surface area contributed by atoms with E-state index in [0.29, 0.717) is 18.1 Å². The van der Waals surface area contributed by atoms with Gasteiger partial charge in [-0.2, -0.15) is 0 Å². The van der Waals surface area contributed by atoms with Crippen LogP contribution in [0.2, 0.25) is 0 Å². The second kappa shape index (κ2) is 7.58. The minimum absolute atomic E-state index is 0.374. The summed E-state index contributed by atoms with van der Waals surface area (Å²) in [6.45, 7) is 8.32. The van der Waals surface area contributed by atoms with Gasteiger partial charge in [0, 0.05) is 25.7 Å². The van der Waals surface area contributed by atoms with Crippen molar-refractivity contribution in [3.63, 3.8) is 0 Å². The molecule has 2 rings (SSSR count). The highest BCUT2D eigenvalue weighted by molar-refractivity contribution is 4.84. The third-order valence-corrected chi connectivity index (χ3v) is 4.90. The van der Waals surface area contributed by atoms with Crippen molar-refractivity contribution in [2.75, 3.05) is 46.4 Å². The predicted octanol–water partition coefficient (Wildman–Crippen LogP) is 1.16. The van der Waals surface area contributed by atoms with Gasteiger partial charge in [-0.25, -0.2) is 0 Å². The lowest BCUT2D eigenvalue weighted by atomic mass is 9.83. The Morgan fingerprint density at radius 3 is 2.84 bits per heavy atom. The maximum atomic E-state index is 5.94. The smallest absolute Gasteiger partial charge is 0.0829 e. The molecule has 4 heteroatoms. The molecule has 112 valence electrons. The molecule has 2 N–H and O–H groups in total. The van der Waals surface area contributed by atoms with Crippen LogP contribution < -0.4 is 5.73 Å². The Bertz CT molecular complexity index is 262. The summed E-state index contributed by atoms with van der Waals surface area (Å²) in [6, 6.07) is 0.666. The minimum atomic E-state index is 0.374. The van der Waals surface area contributed by atoms with Gasteiger partial charge in [-0.05, 0) is 38.9 Å². The van der Waals surface area contributed by atoms with Gasteiger partial charge in [-0.1, -0.05) is 19.8 Å². The quantitative estimate of drug-likeness (QED) is 0.813. The molecular formula is C15H31N3O. The molecule has 1 aliphatic carbocycles. The third kappa shape index (κ3) is 4.15. The highest BCUT2D eigenvalue weighted by atomic mass is 16.5. The Kier molecular flexibility index (Phi) is 6.07. The maximum Gasteiger partial charge on any atom is 0.0829 e. The normalized spacial score (nSPS) is 33.8. The Hall–Kier alpha value is -0.160. The van der Waals surface area contributed by atoms with E-state index >= 15 is 0 Å². The molecule has 0 aromatic carbocycles. The highest BCUT2D eigenvalue weighted by Gasteiger charge is 2.29. The molecular weight excluding hydrogens is 238 g/mol. The molecule has 1 saturated heterocycles.